The van der Waals surface area contributed by atoms with E-state index >= 15 is 0 Å². The maximum Gasteiger partial charge on any atom is 0.332 e. The zero-order chi connectivity index (χ0) is 8.27. The van der Waals surface area contributed by atoms with Crippen LogP contribution in [0.15, 0.2) is 15.9 Å². The number of rotatable bonds is 2. The summed E-state index contributed by atoms with van der Waals surface area (Å²) < 4.78 is 0.902. The van der Waals surface area contributed by atoms with E-state index in [0.29, 0.717) is 0 Å². The molecule has 1 heterocycles. The van der Waals surface area contributed by atoms with E-state index in [2.05, 4.69) is 10.1 Å². The molecule has 0 atom stereocenters. The van der Waals surface area contributed by atoms with E-state index in [9.17, 15) is 9.59 Å². The number of aliphatic hydroxyl groups is 1. The van der Waals surface area contributed by atoms with Crippen molar-refractivity contribution in [3.8, 4) is 0 Å². The Kier molecular flexibility index (Phi) is 2.17. The molecule has 0 spiro atoms. The fraction of sp³-hybridized carbons (Fsp3) is 0.400. The zero-order valence-electron chi connectivity index (χ0n) is 5.65. The monoisotopic (exact) mass is 157 g/mol. The summed E-state index contributed by atoms with van der Waals surface area (Å²) in [5, 5.41) is 11.9. The van der Waals surface area contributed by atoms with Gasteiger partial charge in [0.15, 0.2) is 0 Å². The maximum absolute atomic E-state index is 10.8. The van der Waals surface area contributed by atoms with Crippen molar-refractivity contribution < 1.29 is 5.11 Å². The van der Waals surface area contributed by atoms with Crippen LogP contribution >= 0.6 is 0 Å². The predicted molar refractivity (Wildman–Crippen MR) is 36.2 cm³/mol. The van der Waals surface area contributed by atoms with Crippen LogP contribution in [0.2, 0.25) is 0 Å². The van der Waals surface area contributed by atoms with Gasteiger partial charge in [0.25, 0.3) is 0 Å². The molecule has 0 fully saturated rings. The molecule has 6 heteroatoms. The van der Waals surface area contributed by atoms with E-state index < -0.39 is 11.1 Å². The van der Waals surface area contributed by atoms with E-state index in [0.717, 1.165) is 11.0 Å². The Morgan fingerprint density at radius 2 is 2.36 bits per heavy atom. The van der Waals surface area contributed by atoms with Crippen molar-refractivity contribution >= 4 is 0 Å². The molecule has 0 radical (unpaired) electrons. The summed E-state index contributed by atoms with van der Waals surface area (Å²) in [6, 6.07) is 0. The summed E-state index contributed by atoms with van der Waals surface area (Å²) in [4.78, 5) is 23.5. The van der Waals surface area contributed by atoms with Crippen molar-refractivity contribution in [2.75, 3.05) is 6.61 Å². The SMILES string of the molecule is O=c1[nH]cnn(CCO)c1=O. The molecule has 0 saturated carbocycles. The number of nitrogens with one attached hydrogen (secondary N) is 1. The van der Waals surface area contributed by atoms with Gasteiger partial charge in [0.05, 0.1) is 13.2 Å². The zero-order valence-corrected chi connectivity index (χ0v) is 5.65. The highest BCUT2D eigenvalue weighted by Crippen LogP contribution is 1.66. The Hall–Kier alpha value is -1.43. The lowest BCUT2D eigenvalue weighted by Crippen LogP contribution is -2.37. The molecule has 0 saturated heterocycles. The Morgan fingerprint density at radius 3 is 3.00 bits per heavy atom. The van der Waals surface area contributed by atoms with Crippen molar-refractivity contribution in [2.45, 2.75) is 6.54 Å². The van der Waals surface area contributed by atoms with Gasteiger partial charge in [-0.15, -0.1) is 0 Å². The fourth-order valence-corrected chi connectivity index (χ4v) is 0.643. The molecular weight excluding hydrogens is 150 g/mol. The molecule has 0 aliphatic heterocycles. The summed E-state index contributed by atoms with van der Waals surface area (Å²) in [6.07, 6.45) is 1.11. The average Bonchev–Trinajstić information content (AvgIpc) is 1.99. The van der Waals surface area contributed by atoms with E-state index in [-0.39, 0.29) is 13.2 Å². The highest BCUT2D eigenvalue weighted by molar-refractivity contribution is 4.71. The summed E-state index contributed by atoms with van der Waals surface area (Å²) in [6.45, 7) is -0.168. The Balaban J connectivity index is 3.18. The quantitative estimate of drug-likeness (QED) is 0.482. The number of aromatic amines is 1. The van der Waals surface area contributed by atoms with Gasteiger partial charge in [0, 0.05) is 0 Å². The lowest BCUT2D eigenvalue weighted by molar-refractivity contribution is 0.265. The van der Waals surface area contributed by atoms with Gasteiger partial charge < -0.3 is 10.1 Å². The van der Waals surface area contributed by atoms with Crippen LogP contribution in [0.4, 0.5) is 0 Å². The van der Waals surface area contributed by atoms with Gasteiger partial charge in [-0.3, -0.25) is 9.59 Å². The first kappa shape index (κ1) is 7.67. The minimum absolute atomic E-state index is 0.0444. The second-order valence-electron chi connectivity index (χ2n) is 1.87. The molecule has 6 nitrogen and oxygen atoms in total. The van der Waals surface area contributed by atoms with Crippen LogP contribution < -0.4 is 11.1 Å². The number of aromatic nitrogens is 3. The smallest absolute Gasteiger partial charge is 0.332 e. The topological polar surface area (TPSA) is 88.0 Å². The molecule has 0 amide bonds. The van der Waals surface area contributed by atoms with Gasteiger partial charge in [-0.25, -0.2) is 4.68 Å². The largest absolute Gasteiger partial charge is 0.394 e. The van der Waals surface area contributed by atoms with Gasteiger partial charge in [0.2, 0.25) is 0 Å². The molecule has 0 bridgehead atoms. The van der Waals surface area contributed by atoms with Crippen molar-refractivity contribution in [1.82, 2.24) is 14.8 Å². The lowest BCUT2D eigenvalue weighted by Gasteiger charge is -1.96. The predicted octanol–water partition coefficient (Wildman–Crippen LogP) is -2.08. The van der Waals surface area contributed by atoms with Crippen LogP contribution in [0.1, 0.15) is 0 Å². The Labute approximate surface area is 61.1 Å². The Morgan fingerprint density at radius 1 is 1.64 bits per heavy atom. The molecular formula is C5H7N3O3. The summed E-state index contributed by atoms with van der Waals surface area (Å²) in [5.74, 6) is 0. The number of hydrogen-bond donors (Lipinski definition) is 2. The Bertz CT molecular complexity index is 339. The first-order valence-electron chi connectivity index (χ1n) is 3.01. The molecule has 0 aliphatic carbocycles. The number of hydrogen-bond acceptors (Lipinski definition) is 4. The van der Waals surface area contributed by atoms with Gasteiger partial charge in [-0.05, 0) is 0 Å². The normalized spacial score (nSPS) is 9.91. The van der Waals surface area contributed by atoms with Gasteiger partial charge in [0.1, 0.15) is 6.33 Å². The van der Waals surface area contributed by atoms with Crippen LogP contribution in [0.5, 0.6) is 0 Å². The first-order chi connectivity index (χ1) is 5.25. The van der Waals surface area contributed by atoms with Crippen LogP contribution in [0, 0.1) is 0 Å². The summed E-state index contributed by atoms with van der Waals surface area (Å²) in [7, 11) is 0. The number of aliphatic hydroxyl groups excluding tert-OH is 1. The van der Waals surface area contributed by atoms with Crippen LogP contribution in [0.3, 0.4) is 0 Å². The van der Waals surface area contributed by atoms with Crippen LogP contribution in [-0.2, 0) is 6.54 Å². The second kappa shape index (κ2) is 3.11. The van der Waals surface area contributed by atoms with E-state index in [1.54, 1.807) is 0 Å². The van der Waals surface area contributed by atoms with Crippen LogP contribution in [0.25, 0.3) is 0 Å². The summed E-state index contributed by atoms with van der Waals surface area (Å²) >= 11 is 0. The lowest BCUT2D eigenvalue weighted by atomic mass is 10.6. The minimum atomic E-state index is -0.749. The molecule has 1 aromatic rings. The van der Waals surface area contributed by atoms with Crippen molar-refractivity contribution in [3.05, 3.63) is 27.0 Å². The summed E-state index contributed by atoms with van der Waals surface area (Å²) in [5.41, 5.74) is -1.48. The molecule has 0 unspecified atom stereocenters. The van der Waals surface area contributed by atoms with Gasteiger partial charge in [-0.2, -0.15) is 5.10 Å². The average molecular weight is 157 g/mol. The second-order valence-corrected chi connectivity index (χ2v) is 1.87. The van der Waals surface area contributed by atoms with Gasteiger partial charge >= 0.3 is 11.1 Å². The molecule has 2 N–H and O–H groups in total. The van der Waals surface area contributed by atoms with Crippen molar-refractivity contribution in [3.63, 3.8) is 0 Å². The highest BCUT2D eigenvalue weighted by Gasteiger charge is 1.97. The van der Waals surface area contributed by atoms with Crippen molar-refractivity contribution in [1.29, 1.82) is 0 Å². The third kappa shape index (κ3) is 1.53. The number of nitrogens with zero attached hydrogens (tertiary/aromatic N) is 2. The standard InChI is InChI=1S/C5H7N3O3/c9-2-1-8-5(11)4(10)6-3-7-8/h3,9H,1-2H2,(H,6,7,10). The van der Waals surface area contributed by atoms with Crippen molar-refractivity contribution in [2.24, 2.45) is 0 Å². The fourth-order valence-electron chi connectivity index (χ4n) is 0.643. The van der Waals surface area contributed by atoms with Gasteiger partial charge in [-0.1, -0.05) is 0 Å². The molecule has 60 valence electrons. The molecule has 1 rings (SSSR count). The third-order valence-electron chi connectivity index (χ3n) is 1.13. The minimum Gasteiger partial charge on any atom is -0.394 e. The number of H-pyrrole nitrogens is 1. The molecule has 11 heavy (non-hydrogen) atoms. The molecule has 0 aliphatic rings. The maximum atomic E-state index is 10.8. The molecule has 0 aromatic carbocycles. The van der Waals surface area contributed by atoms with E-state index in [1.807, 2.05) is 0 Å². The van der Waals surface area contributed by atoms with Crippen LogP contribution in [-0.4, -0.2) is 26.5 Å². The first-order valence-corrected chi connectivity index (χ1v) is 3.01. The van der Waals surface area contributed by atoms with E-state index in [1.165, 1.54) is 0 Å². The highest BCUT2D eigenvalue weighted by atomic mass is 16.3. The third-order valence-corrected chi connectivity index (χ3v) is 1.13. The van der Waals surface area contributed by atoms with E-state index in [4.69, 9.17) is 5.11 Å². The molecule has 1 aromatic heterocycles.